The van der Waals surface area contributed by atoms with Crippen LogP contribution in [0.25, 0.3) is 0 Å². The number of hydrogen-bond donors (Lipinski definition) is 5. The maximum Gasteiger partial charge on any atom is 0.469 e. The van der Waals surface area contributed by atoms with Gasteiger partial charge in [-0.25, -0.2) is 4.57 Å². The van der Waals surface area contributed by atoms with Crippen molar-refractivity contribution in [1.29, 1.82) is 0 Å². The largest absolute Gasteiger partial charge is 0.480 e. The van der Waals surface area contributed by atoms with Crippen LogP contribution in [0.1, 0.15) is 6.92 Å². The summed E-state index contributed by atoms with van der Waals surface area (Å²) in [6, 6.07) is -1.16. The number of phosphoric acid groups is 1. The molecule has 6 N–H and O–H groups in total. The van der Waals surface area contributed by atoms with Crippen LogP contribution in [-0.4, -0.2) is 76.9 Å². The molecule has 0 bridgehead atoms. The number of nitrogens with two attached hydrogens (primary N) is 1. The zero-order valence-electron chi connectivity index (χ0n) is 11.6. The Bertz CT molecular complexity index is 310. The third kappa shape index (κ3) is 17.5. The highest BCUT2D eigenvalue weighted by atomic mass is 31.2. The number of carboxylic acid groups (broad SMARTS) is 1. The van der Waals surface area contributed by atoms with E-state index in [1.807, 2.05) is 21.1 Å². The molecule has 0 spiro atoms. The smallest absolute Gasteiger partial charge is 0.469 e. The van der Waals surface area contributed by atoms with Gasteiger partial charge in [-0.15, -0.1) is 0 Å². The molecule has 116 valence electrons. The van der Waals surface area contributed by atoms with Gasteiger partial charge in [0, 0.05) is 0 Å². The van der Waals surface area contributed by atoms with Gasteiger partial charge >= 0.3 is 13.8 Å². The van der Waals surface area contributed by atoms with Crippen molar-refractivity contribution >= 4 is 13.8 Å². The van der Waals surface area contributed by atoms with E-state index >= 15 is 0 Å². The van der Waals surface area contributed by atoms with E-state index in [2.05, 4.69) is 4.52 Å². The normalized spacial score (nSPS) is 15.2. The van der Waals surface area contributed by atoms with Crippen molar-refractivity contribution in [3.05, 3.63) is 0 Å². The Morgan fingerprint density at radius 3 is 1.95 bits per heavy atom. The van der Waals surface area contributed by atoms with Gasteiger partial charge in [-0.05, 0) is 6.92 Å². The lowest BCUT2D eigenvalue weighted by molar-refractivity contribution is -0.870. The predicted molar refractivity (Wildman–Crippen MR) is 68.2 cm³/mol. The van der Waals surface area contributed by atoms with Gasteiger partial charge in [-0.1, -0.05) is 0 Å². The average molecular weight is 303 g/mol. The standard InChI is InChI=1S/C5H14NO4P.C4H9NO3/c1-6(2,3)4-5-10-11(7,8)9;1-2(6)3(5)4(7)8/h4-5H2,1-3H3,(H-,7,8,9);2-3,6H,5H2,1H3,(H,7,8)/p+1. The van der Waals surface area contributed by atoms with Crippen LogP contribution in [0, 0.1) is 0 Å². The molecule has 0 radical (unpaired) electrons. The molecule has 0 aromatic heterocycles. The number of rotatable bonds is 6. The number of phosphoric ester groups is 1. The summed E-state index contributed by atoms with van der Waals surface area (Å²) in [4.78, 5) is 26.4. The van der Waals surface area contributed by atoms with E-state index in [0.29, 0.717) is 11.0 Å². The molecule has 0 heterocycles. The number of aliphatic hydroxyl groups is 1. The lowest BCUT2D eigenvalue weighted by atomic mass is 10.2. The lowest BCUT2D eigenvalue weighted by Crippen LogP contribution is -2.39. The Morgan fingerprint density at radius 1 is 1.37 bits per heavy atom. The maximum atomic E-state index is 10.2. The second kappa shape index (κ2) is 8.60. The topological polar surface area (TPSA) is 150 Å². The van der Waals surface area contributed by atoms with Crippen molar-refractivity contribution in [2.75, 3.05) is 34.3 Å². The SMILES string of the molecule is CC(O)C(N)C(=O)O.C[N+](C)(C)CCOP(=O)(O)O. The van der Waals surface area contributed by atoms with Crippen LogP contribution in [0.3, 0.4) is 0 Å². The fraction of sp³-hybridized carbons (Fsp3) is 0.889. The van der Waals surface area contributed by atoms with Crippen LogP contribution in [0.4, 0.5) is 0 Å². The molecule has 19 heavy (non-hydrogen) atoms. The van der Waals surface area contributed by atoms with Crippen LogP contribution in [0.15, 0.2) is 0 Å². The molecule has 0 fully saturated rings. The molecule has 0 rings (SSSR count). The molecule has 0 amide bonds. The van der Waals surface area contributed by atoms with E-state index < -0.39 is 25.9 Å². The van der Waals surface area contributed by atoms with Gasteiger partial charge in [0.2, 0.25) is 0 Å². The fourth-order valence-corrected chi connectivity index (χ4v) is 0.959. The highest BCUT2D eigenvalue weighted by Gasteiger charge is 2.16. The van der Waals surface area contributed by atoms with Crippen LogP contribution in [-0.2, 0) is 13.9 Å². The van der Waals surface area contributed by atoms with Crippen molar-refractivity contribution in [3.63, 3.8) is 0 Å². The molecule has 2 unspecified atom stereocenters. The molecular formula is C9H24N2O7P+. The molecule has 2 atom stereocenters. The number of carbonyl (C=O) groups is 1. The van der Waals surface area contributed by atoms with E-state index in [4.69, 9.17) is 25.7 Å². The maximum absolute atomic E-state index is 10.2. The number of quaternary nitrogens is 1. The van der Waals surface area contributed by atoms with Gasteiger partial charge in [-0.3, -0.25) is 9.32 Å². The Labute approximate surface area is 112 Å². The molecule has 0 aromatic carbocycles. The third-order valence-electron chi connectivity index (χ3n) is 1.83. The molecule has 0 aromatic rings. The van der Waals surface area contributed by atoms with Crippen LogP contribution in [0.5, 0.6) is 0 Å². The van der Waals surface area contributed by atoms with E-state index in [1.165, 1.54) is 6.92 Å². The molecule has 0 aliphatic heterocycles. The molecule has 0 saturated heterocycles. The fourth-order valence-electron chi connectivity index (χ4n) is 0.640. The zero-order valence-corrected chi connectivity index (χ0v) is 12.4. The van der Waals surface area contributed by atoms with Crippen molar-refractivity contribution in [3.8, 4) is 0 Å². The summed E-state index contributed by atoms with van der Waals surface area (Å²) in [6.07, 6.45) is -0.979. The Kier molecular flexibility index (Phi) is 9.40. The quantitative estimate of drug-likeness (QED) is 0.296. The second-order valence-electron chi connectivity index (χ2n) is 4.94. The zero-order chi connectivity index (χ0) is 15.9. The average Bonchev–Trinajstić information content (AvgIpc) is 2.12. The summed E-state index contributed by atoms with van der Waals surface area (Å²) in [6.45, 7) is 1.98. The monoisotopic (exact) mass is 303 g/mol. The van der Waals surface area contributed by atoms with Gasteiger partial charge in [-0.2, -0.15) is 0 Å². The third-order valence-corrected chi connectivity index (χ3v) is 2.35. The van der Waals surface area contributed by atoms with Gasteiger partial charge in [0.25, 0.3) is 0 Å². The molecule has 0 aliphatic rings. The molecule has 10 heteroatoms. The van der Waals surface area contributed by atoms with E-state index in [-0.39, 0.29) is 6.61 Å². The van der Waals surface area contributed by atoms with E-state index in [0.717, 1.165) is 0 Å². The molecular weight excluding hydrogens is 279 g/mol. The Balaban J connectivity index is 0. The first-order valence-corrected chi connectivity index (χ1v) is 6.96. The lowest BCUT2D eigenvalue weighted by Gasteiger charge is -2.23. The molecule has 9 nitrogen and oxygen atoms in total. The second-order valence-corrected chi connectivity index (χ2v) is 6.18. The highest BCUT2D eigenvalue weighted by Crippen LogP contribution is 2.35. The number of aliphatic hydroxyl groups excluding tert-OH is 1. The number of hydrogen-bond acceptors (Lipinski definition) is 5. The number of aliphatic carboxylic acids is 1. The summed E-state index contributed by atoms with van der Waals surface area (Å²) in [5, 5.41) is 16.6. The summed E-state index contributed by atoms with van der Waals surface area (Å²) >= 11 is 0. The van der Waals surface area contributed by atoms with Crippen molar-refractivity contribution < 1.29 is 38.4 Å². The number of likely N-dealkylation sites (N-methyl/N-ethyl adjacent to an activating group) is 1. The van der Waals surface area contributed by atoms with E-state index in [9.17, 15) is 9.36 Å². The van der Waals surface area contributed by atoms with Gasteiger partial charge in [0.15, 0.2) is 0 Å². The van der Waals surface area contributed by atoms with E-state index in [1.54, 1.807) is 0 Å². The molecule has 0 saturated carbocycles. The highest BCUT2D eigenvalue weighted by molar-refractivity contribution is 7.46. The minimum atomic E-state index is -4.26. The number of nitrogens with zero attached hydrogens (tertiary/aromatic N) is 1. The minimum absolute atomic E-state index is 0.0772. The summed E-state index contributed by atoms with van der Waals surface area (Å²) in [5.41, 5.74) is 4.91. The summed E-state index contributed by atoms with van der Waals surface area (Å²) < 4.78 is 15.1. The van der Waals surface area contributed by atoms with Crippen molar-refractivity contribution in [2.45, 2.75) is 19.1 Å². The Hall–Kier alpha value is -0.540. The van der Waals surface area contributed by atoms with Crippen LogP contribution in [0.2, 0.25) is 0 Å². The van der Waals surface area contributed by atoms with Gasteiger partial charge in [0.05, 0.1) is 27.2 Å². The minimum Gasteiger partial charge on any atom is -0.480 e. The first-order valence-electron chi connectivity index (χ1n) is 5.43. The number of carboxylic acids is 1. The molecule has 0 aliphatic carbocycles. The summed E-state index contributed by atoms with van der Waals surface area (Å²) in [7, 11) is 1.50. The van der Waals surface area contributed by atoms with Crippen LogP contribution < -0.4 is 5.73 Å². The van der Waals surface area contributed by atoms with Crippen molar-refractivity contribution in [2.24, 2.45) is 5.73 Å². The van der Waals surface area contributed by atoms with Crippen LogP contribution >= 0.6 is 7.82 Å². The van der Waals surface area contributed by atoms with Gasteiger partial charge in [0.1, 0.15) is 19.2 Å². The van der Waals surface area contributed by atoms with Crippen molar-refractivity contribution in [1.82, 2.24) is 0 Å². The van der Waals surface area contributed by atoms with Gasteiger partial charge < -0.3 is 30.2 Å². The Morgan fingerprint density at radius 2 is 1.79 bits per heavy atom. The predicted octanol–water partition coefficient (Wildman–Crippen LogP) is -1.42. The first kappa shape index (κ1) is 20.8. The first-order chi connectivity index (χ1) is 8.26. The summed E-state index contributed by atoms with van der Waals surface area (Å²) in [5.74, 6) is -1.18.